The number of carbonyl (C=O) groups excluding carboxylic acids is 1. The van der Waals surface area contributed by atoms with Gasteiger partial charge in [-0.1, -0.05) is 13.0 Å². The number of fused-ring (bicyclic) bond motifs is 5. The Bertz CT molecular complexity index is 805. The molecule has 3 aliphatic carbocycles. The summed E-state index contributed by atoms with van der Waals surface area (Å²) >= 11 is 0. The number of benzene rings is 1. The fourth-order valence-electron chi connectivity index (χ4n) is 7.12. The van der Waals surface area contributed by atoms with E-state index in [1.807, 2.05) is 0 Å². The van der Waals surface area contributed by atoms with Crippen molar-refractivity contribution in [3.05, 3.63) is 29.3 Å². The van der Waals surface area contributed by atoms with Crippen LogP contribution >= 0.6 is 0 Å². The number of rotatable bonds is 5. The third-order valence-corrected chi connectivity index (χ3v) is 8.86. The van der Waals surface area contributed by atoms with Gasteiger partial charge in [0.15, 0.2) is 0 Å². The summed E-state index contributed by atoms with van der Waals surface area (Å²) in [6.45, 7) is 6.59. The Morgan fingerprint density at radius 1 is 1.19 bits per heavy atom. The fourth-order valence-corrected chi connectivity index (χ4v) is 7.12. The van der Waals surface area contributed by atoms with Crippen LogP contribution in [0.3, 0.4) is 0 Å². The number of ether oxygens (including phenoxy) is 3. The van der Waals surface area contributed by atoms with E-state index in [0.717, 1.165) is 63.8 Å². The van der Waals surface area contributed by atoms with E-state index in [9.17, 15) is 4.79 Å². The summed E-state index contributed by atoms with van der Waals surface area (Å²) in [6, 6.07) is 6.68. The maximum atomic E-state index is 12.7. The van der Waals surface area contributed by atoms with Crippen LogP contribution < -0.4 is 4.74 Å². The number of nitrogens with zero attached hydrogens (tertiary/aromatic N) is 1. The lowest BCUT2D eigenvalue weighted by Gasteiger charge is -2.50. The molecule has 31 heavy (non-hydrogen) atoms. The number of carbonyl (C=O) groups is 1. The minimum atomic E-state index is -0.0124. The summed E-state index contributed by atoms with van der Waals surface area (Å²) in [5.41, 5.74) is 3.16. The van der Waals surface area contributed by atoms with E-state index in [-0.39, 0.29) is 17.5 Å². The first-order chi connectivity index (χ1) is 15.1. The first-order valence-electron chi connectivity index (χ1n) is 12.2. The van der Waals surface area contributed by atoms with E-state index in [1.165, 1.54) is 24.8 Å². The van der Waals surface area contributed by atoms with E-state index in [1.54, 1.807) is 12.7 Å². The van der Waals surface area contributed by atoms with Crippen molar-refractivity contribution >= 4 is 5.97 Å². The Labute approximate surface area is 186 Å². The molecule has 5 nitrogen and oxygen atoms in total. The highest BCUT2D eigenvalue weighted by Crippen LogP contribution is 2.61. The first kappa shape index (κ1) is 21.3. The molecule has 1 heterocycles. The van der Waals surface area contributed by atoms with Gasteiger partial charge in [-0.05, 0) is 79.5 Å². The van der Waals surface area contributed by atoms with Crippen LogP contribution in [-0.2, 0) is 20.7 Å². The largest absolute Gasteiger partial charge is 0.497 e. The fraction of sp³-hybridized carbons (Fsp3) is 0.731. The van der Waals surface area contributed by atoms with Crippen LogP contribution in [0.2, 0.25) is 0 Å². The quantitative estimate of drug-likeness (QED) is 0.660. The van der Waals surface area contributed by atoms with E-state index in [4.69, 9.17) is 14.2 Å². The van der Waals surface area contributed by atoms with Crippen LogP contribution in [0.25, 0.3) is 0 Å². The minimum absolute atomic E-state index is 0.0124. The van der Waals surface area contributed by atoms with Gasteiger partial charge in [-0.15, -0.1) is 0 Å². The van der Waals surface area contributed by atoms with Crippen molar-refractivity contribution in [2.24, 2.45) is 17.3 Å². The van der Waals surface area contributed by atoms with E-state index < -0.39 is 0 Å². The molecule has 0 unspecified atom stereocenters. The maximum absolute atomic E-state index is 12.7. The van der Waals surface area contributed by atoms with E-state index in [0.29, 0.717) is 18.3 Å². The van der Waals surface area contributed by atoms with Crippen molar-refractivity contribution in [2.75, 3.05) is 40.0 Å². The molecule has 1 aromatic rings. The number of methoxy groups -OCH3 is 1. The second kappa shape index (κ2) is 8.74. The number of morpholine rings is 1. The molecule has 0 radical (unpaired) electrons. The molecule has 170 valence electrons. The highest BCUT2D eigenvalue weighted by Gasteiger charge is 2.56. The maximum Gasteiger partial charge on any atom is 0.307 e. The highest BCUT2D eigenvalue weighted by molar-refractivity contribution is 5.70. The second-order valence-corrected chi connectivity index (χ2v) is 10.3. The Morgan fingerprint density at radius 2 is 2.03 bits per heavy atom. The number of hydrogen-bond acceptors (Lipinski definition) is 5. The van der Waals surface area contributed by atoms with Crippen molar-refractivity contribution in [3.8, 4) is 5.75 Å². The summed E-state index contributed by atoms with van der Waals surface area (Å²) in [5, 5.41) is 0. The zero-order valence-electron chi connectivity index (χ0n) is 19.1. The van der Waals surface area contributed by atoms with Gasteiger partial charge in [0.2, 0.25) is 0 Å². The number of hydrogen-bond donors (Lipinski definition) is 0. The summed E-state index contributed by atoms with van der Waals surface area (Å²) in [5.74, 6) is 3.00. The molecule has 1 aromatic carbocycles. The third kappa shape index (κ3) is 4.00. The number of esters is 1. The van der Waals surface area contributed by atoms with Gasteiger partial charge in [-0.3, -0.25) is 9.69 Å². The predicted molar refractivity (Wildman–Crippen MR) is 119 cm³/mol. The Balaban J connectivity index is 1.23. The topological polar surface area (TPSA) is 48.0 Å². The van der Waals surface area contributed by atoms with Crippen LogP contribution in [0.15, 0.2) is 18.2 Å². The average molecular weight is 428 g/mol. The summed E-state index contributed by atoms with van der Waals surface area (Å²) in [6.07, 6.45) is 7.58. The Kier molecular flexibility index (Phi) is 6.00. The molecule has 0 spiro atoms. The van der Waals surface area contributed by atoms with Crippen LogP contribution in [0.5, 0.6) is 5.75 Å². The van der Waals surface area contributed by atoms with Crippen molar-refractivity contribution < 1.29 is 19.0 Å². The van der Waals surface area contributed by atoms with Gasteiger partial charge in [0, 0.05) is 25.0 Å². The van der Waals surface area contributed by atoms with Crippen molar-refractivity contribution in [2.45, 2.75) is 63.9 Å². The van der Waals surface area contributed by atoms with Crippen molar-refractivity contribution in [1.82, 2.24) is 4.90 Å². The van der Waals surface area contributed by atoms with Gasteiger partial charge < -0.3 is 14.2 Å². The Morgan fingerprint density at radius 3 is 2.84 bits per heavy atom. The van der Waals surface area contributed by atoms with E-state index >= 15 is 0 Å². The molecule has 0 N–H and O–H groups in total. The SMILES string of the molecule is COc1ccc2c(c1)CC[C@@H]1[C@@H]2CC[C@]2(C)[C@H](OC(=O)CCN3CCOCC3)CC[C@@H]12. The van der Waals surface area contributed by atoms with Gasteiger partial charge >= 0.3 is 5.97 Å². The molecule has 0 aromatic heterocycles. The molecular weight excluding hydrogens is 390 g/mol. The zero-order chi connectivity index (χ0) is 21.4. The molecule has 4 aliphatic rings. The summed E-state index contributed by atoms with van der Waals surface area (Å²) in [4.78, 5) is 15.0. The van der Waals surface area contributed by atoms with Crippen LogP contribution in [-0.4, -0.2) is 56.9 Å². The third-order valence-electron chi connectivity index (χ3n) is 8.86. The molecule has 5 atom stereocenters. The van der Waals surface area contributed by atoms with Gasteiger partial charge in [-0.25, -0.2) is 0 Å². The van der Waals surface area contributed by atoms with Crippen molar-refractivity contribution in [1.29, 1.82) is 0 Å². The molecule has 1 aliphatic heterocycles. The lowest BCUT2D eigenvalue weighted by Crippen LogP contribution is -2.45. The van der Waals surface area contributed by atoms with Gasteiger partial charge in [0.1, 0.15) is 11.9 Å². The van der Waals surface area contributed by atoms with Crippen molar-refractivity contribution in [3.63, 3.8) is 0 Å². The van der Waals surface area contributed by atoms with E-state index in [2.05, 4.69) is 30.0 Å². The number of aryl methyl sites for hydroxylation is 1. The minimum Gasteiger partial charge on any atom is -0.497 e. The highest BCUT2D eigenvalue weighted by atomic mass is 16.5. The van der Waals surface area contributed by atoms with Gasteiger partial charge in [-0.2, -0.15) is 0 Å². The lowest BCUT2D eigenvalue weighted by molar-refractivity contribution is -0.158. The smallest absolute Gasteiger partial charge is 0.307 e. The average Bonchev–Trinajstić information content (AvgIpc) is 3.13. The lowest BCUT2D eigenvalue weighted by atomic mass is 9.55. The van der Waals surface area contributed by atoms with Crippen LogP contribution in [0, 0.1) is 17.3 Å². The molecule has 1 saturated heterocycles. The second-order valence-electron chi connectivity index (χ2n) is 10.3. The van der Waals surface area contributed by atoms with Gasteiger partial charge in [0.25, 0.3) is 0 Å². The molecule has 2 saturated carbocycles. The molecule has 3 fully saturated rings. The molecule has 0 amide bonds. The molecular formula is C26H37NO4. The predicted octanol–water partition coefficient (Wildman–Crippen LogP) is 4.19. The standard InChI is InChI=1S/C26H37NO4/c1-26-11-9-21-20-6-4-19(29-2)17-18(20)3-5-22(21)23(26)7-8-24(26)31-25(28)10-12-27-13-15-30-16-14-27/h4,6,17,21-24H,3,5,7-16H2,1-2H3/t21-,22-,23+,24-,26+/m1/s1. The summed E-state index contributed by atoms with van der Waals surface area (Å²) < 4.78 is 17.0. The first-order valence-corrected chi connectivity index (χ1v) is 12.2. The molecule has 5 rings (SSSR count). The molecule has 0 bridgehead atoms. The normalized spacial score (nSPS) is 35.0. The zero-order valence-corrected chi connectivity index (χ0v) is 19.1. The molecule has 5 heteroatoms. The van der Waals surface area contributed by atoms with Crippen LogP contribution in [0.4, 0.5) is 0 Å². The van der Waals surface area contributed by atoms with Gasteiger partial charge in [0.05, 0.1) is 26.7 Å². The summed E-state index contributed by atoms with van der Waals surface area (Å²) in [7, 11) is 1.75. The van der Waals surface area contributed by atoms with Crippen LogP contribution in [0.1, 0.15) is 62.5 Å². The monoisotopic (exact) mass is 427 g/mol. The Hall–Kier alpha value is -1.59.